The van der Waals surface area contributed by atoms with Gasteiger partial charge in [0.1, 0.15) is 16.3 Å². The lowest BCUT2D eigenvalue weighted by Crippen LogP contribution is -2.31. The number of anilines is 1. The van der Waals surface area contributed by atoms with E-state index in [0.717, 1.165) is 39.4 Å². The van der Waals surface area contributed by atoms with Crippen LogP contribution in [0.5, 0.6) is 0 Å². The maximum atomic E-state index is 10.1. The molecule has 0 saturated carbocycles. The topological polar surface area (TPSA) is 62.1 Å². The second-order valence-electron chi connectivity index (χ2n) is 7.05. The van der Waals surface area contributed by atoms with Crippen LogP contribution in [-0.2, 0) is 0 Å². The second kappa shape index (κ2) is 8.27. The fourth-order valence-corrected chi connectivity index (χ4v) is 4.61. The predicted molar refractivity (Wildman–Crippen MR) is 120 cm³/mol. The van der Waals surface area contributed by atoms with Gasteiger partial charge in [0.15, 0.2) is 5.82 Å². The third-order valence-electron chi connectivity index (χ3n) is 4.83. The molecular weight excluding hydrogens is 380 g/mol. The molecule has 0 radical (unpaired) electrons. The van der Waals surface area contributed by atoms with E-state index in [0.29, 0.717) is 12.4 Å². The van der Waals surface area contributed by atoms with Crippen LogP contribution in [0.25, 0.3) is 32.9 Å². The first-order valence-corrected chi connectivity index (χ1v) is 10.6. The molecule has 0 aliphatic heterocycles. The van der Waals surface area contributed by atoms with Crippen molar-refractivity contribution in [3.8, 4) is 22.6 Å². The maximum Gasteiger partial charge on any atom is 0.181 e. The van der Waals surface area contributed by atoms with Crippen LogP contribution < -0.4 is 4.90 Å². The van der Waals surface area contributed by atoms with E-state index >= 15 is 0 Å². The average molecular weight is 405 g/mol. The van der Waals surface area contributed by atoms with Crippen molar-refractivity contribution in [1.82, 2.24) is 15.0 Å². The second-order valence-corrected chi connectivity index (χ2v) is 8.26. The van der Waals surface area contributed by atoms with Crippen LogP contribution >= 0.6 is 11.3 Å². The van der Waals surface area contributed by atoms with Crippen molar-refractivity contribution >= 4 is 27.4 Å². The van der Waals surface area contributed by atoms with Crippen molar-refractivity contribution in [2.24, 2.45) is 0 Å². The molecule has 3 aromatic heterocycles. The summed E-state index contributed by atoms with van der Waals surface area (Å²) in [5.41, 5.74) is 3.06. The van der Waals surface area contributed by atoms with Crippen LogP contribution in [0.2, 0.25) is 0 Å². The predicted octanol–water partition coefficient (Wildman–Crippen LogP) is 4.94. The number of hydrogen-bond donors (Lipinski definition) is 1. The highest BCUT2D eigenvalue weighted by Gasteiger charge is 2.22. The minimum Gasteiger partial charge on any atom is -0.392 e. The van der Waals surface area contributed by atoms with Gasteiger partial charge in [-0.15, -0.1) is 11.3 Å². The molecule has 3 heterocycles. The quantitative estimate of drug-likeness (QED) is 0.493. The largest absolute Gasteiger partial charge is 0.392 e. The first-order chi connectivity index (χ1) is 14.1. The minimum atomic E-state index is -0.460. The zero-order valence-corrected chi connectivity index (χ0v) is 17.6. The van der Waals surface area contributed by atoms with Gasteiger partial charge in [-0.3, -0.25) is 4.98 Å². The molecule has 1 N–H and O–H groups in total. The summed E-state index contributed by atoms with van der Waals surface area (Å²) in [5, 5.41) is 11.1. The molecule has 0 bridgehead atoms. The molecule has 0 fully saturated rings. The van der Waals surface area contributed by atoms with E-state index in [1.54, 1.807) is 24.5 Å². The van der Waals surface area contributed by atoms with Gasteiger partial charge in [0.25, 0.3) is 0 Å². The average Bonchev–Trinajstić information content (AvgIpc) is 3.08. The molecule has 0 saturated heterocycles. The van der Waals surface area contributed by atoms with Gasteiger partial charge in [0, 0.05) is 29.7 Å². The van der Waals surface area contributed by atoms with Crippen molar-refractivity contribution in [1.29, 1.82) is 0 Å². The maximum absolute atomic E-state index is 10.1. The monoisotopic (exact) mass is 404 g/mol. The molecule has 0 spiro atoms. The van der Waals surface area contributed by atoms with E-state index in [2.05, 4.69) is 48.0 Å². The van der Waals surface area contributed by atoms with Gasteiger partial charge in [-0.05, 0) is 38.5 Å². The number of nitrogens with zero attached hydrogens (tertiary/aromatic N) is 4. The summed E-state index contributed by atoms with van der Waals surface area (Å²) in [5.74, 6) is 1.46. The van der Waals surface area contributed by atoms with Gasteiger partial charge in [-0.1, -0.05) is 36.4 Å². The third-order valence-corrected chi connectivity index (χ3v) is 5.83. The highest BCUT2D eigenvalue weighted by Crippen LogP contribution is 2.42. The summed E-state index contributed by atoms with van der Waals surface area (Å²) in [6.45, 7) is 7.26. The van der Waals surface area contributed by atoms with Crippen molar-refractivity contribution < 1.29 is 5.11 Å². The van der Waals surface area contributed by atoms with Crippen LogP contribution in [0.15, 0.2) is 54.7 Å². The summed E-state index contributed by atoms with van der Waals surface area (Å²) in [6, 6.07) is 16.1. The molecule has 4 aromatic rings. The van der Waals surface area contributed by atoms with E-state index in [4.69, 9.17) is 9.97 Å². The molecule has 0 aliphatic carbocycles. The summed E-state index contributed by atoms with van der Waals surface area (Å²) >= 11 is 1.68. The first kappa shape index (κ1) is 19.5. The Labute approximate surface area is 174 Å². The summed E-state index contributed by atoms with van der Waals surface area (Å²) in [7, 11) is 0. The Hall–Kier alpha value is -2.83. The number of rotatable bonds is 6. The number of pyridine rings is 1. The highest BCUT2D eigenvalue weighted by atomic mass is 32.1. The van der Waals surface area contributed by atoms with Gasteiger partial charge in [-0.25, -0.2) is 9.97 Å². The molecule has 1 aromatic carbocycles. The van der Waals surface area contributed by atoms with E-state index < -0.39 is 6.10 Å². The third kappa shape index (κ3) is 3.86. The first-order valence-electron chi connectivity index (χ1n) is 9.79. The Balaban J connectivity index is 2.01. The Morgan fingerprint density at radius 3 is 2.48 bits per heavy atom. The molecule has 5 nitrogen and oxygen atoms in total. The van der Waals surface area contributed by atoms with E-state index in [9.17, 15) is 5.11 Å². The van der Waals surface area contributed by atoms with Crippen LogP contribution in [-0.4, -0.2) is 39.3 Å². The molecule has 29 heavy (non-hydrogen) atoms. The lowest BCUT2D eigenvalue weighted by Gasteiger charge is -2.25. The zero-order chi connectivity index (χ0) is 20.4. The van der Waals surface area contributed by atoms with Crippen molar-refractivity contribution in [3.05, 3.63) is 59.6 Å². The molecule has 148 valence electrons. The molecule has 0 amide bonds. The molecular formula is C23H24N4OS. The van der Waals surface area contributed by atoms with Crippen LogP contribution in [0.1, 0.15) is 18.7 Å². The smallest absolute Gasteiger partial charge is 0.181 e. The number of thiophene rings is 1. The number of aromatic nitrogens is 3. The highest BCUT2D eigenvalue weighted by molar-refractivity contribution is 7.19. The van der Waals surface area contributed by atoms with E-state index in [-0.39, 0.29) is 0 Å². The number of likely N-dealkylation sites (N-methyl/N-ethyl adjacent to an activating group) is 1. The minimum absolute atomic E-state index is 0.460. The number of fused-ring (bicyclic) bond motifs is 1. The molecule has 4 rings (SSSR count). The number of aliphatic hydroxyl groups excluding tert-OH is 1. The SMILES string of the molecule is CCN(CC(C)O)c1nc(-c2ccccn2)nc2sc(C)c(-c3ccccc3)c12. The van der Waals surface area contributed by atoms with Gasteiger partial charge >= 0.3 is 0 Å². The lowest BCUT2D eigenvalue weighted by molar-refractivity contribution is 0.200. The van der Waals surface area contributed by atoms with E-state index in [1.165, 1.54) is 4.88 Å². The van der Waals surface area contributed by atoms with Crippen molar-refractivity contribution in [2.75, 3.05) is 18.0 Å². The number of aliphatic hydroxyl groups is 1. The van der Waals surface area contributed by atoms with Crippen molar-refractivity contribution in [2.45, 2.75) is 26.9 Å². The lowest BCUT2D eigenvalue weighted by atomic mass is 10.0. The molecule has 1 unspecified atom stereocenters. The van der Waals surface area contributed by atoms with Gasteiger partial charge < -0.3 is 10.0 Å². The zero-order valence-electron chi connectivity index (χ0n) is 16.8. The summed E-state index contributed by atoms with van der Waals surface area (Å²) in [6.07, 6.45) is 1.29. The Morgan fingerprint density at radius 1 is 1.07 bits per heavy atom. The number of benzene rings is 1. The molecule has 0 aliphatic rings. The molecule has 6 heteroatoms. The molecule has 1 atom stereocenters. The summed E-state index contributed by atoms with van der Waals surface area (Å²) in [4.78, 5) is 18.5. The number of aryl methyl sites for hydroxylation is 1. The van der Waals surface area contributed by atoms with Crippen LogP contribution in [0.3, 0.4) is 0 Å². The van der Waals surface area contributed by atoms with Crippen LogP contribution in [0.4, 0.5) is 5.82 Å². The van der Waals surface area contributed by atoms with Crippen LogP contribution in [0, 0.1) is 6.92 Å². The van der Waals surface area contributed by atoms with Gasteiger partial charge in [0.05, 0.1) is 11.5 Å². The standard InChI is InChI=1S/C23H24N4OS/c1-4-27(14-15(2)28)22-20-19(17-10-6-5-7-11-17)16(3)29-23(20)26-21(25-22)18-12-8-9-13-24-18/h5-13,15,28H,4,14H2,1-3H3. The normalized spacial score (nSPS) is 12.3. The van der Waals surface area contributed by atoms with Crippen molar-refractivity contribution in [3.63, 3.8) is 0 Å². The summed E-state index contributed by atoms with van der Waals surface area (Å²) < 4.78 is 0. The van der Waals surface area contributed by atoms with E-state index in [1.807, 2.05) is 24.3 Å². The Kier molecular flexibility index (Phi) is 5.56. The Morgan fingerprint density at radius 2 is 1.83 bits per heavy atom. The van der Waals surface area contributed by atoms with Gasteiger partial charge in [0.2, 0.25) is 0 Å². The Bertz CT molecular complexity index is 1110. The fraction of sp³-hybridized carbons (Fsp3) is 0.261. The number of hydrogen-bond acceptors (Lipinski definition) is 6. The van der Waals surface area contributed by atoms with Gasteiger partial charge in [-0.2, -0.15) is 0 Å². The fourth-order valence-electron chi connectivity index (χ4n) is 3.57.